The SMILES string of the molecule is C=C(C)OC(=O)N1CCCC[C@H]1C(=O)N1CCN(Cc2ccccc2)CC1. The van der Waals surface area contributed by atoms with Crippen LogP contribution >= 0.6 is 0 Å². The average molecular weight is 371 g/mol. The molecule has 0 aliphatic carbocycles. The predicted molar refractivity (Wildman–Crippen MR) is 104 cm³/mol. The van der Waals surface area contributed by atoms with Crippen LogP contribution in [-0.2, 0) is 16.1 Å². The van der Waals surface area contributed by atoms with Crippen LogP contribution in [0.15, 0.2) is 42.7 Å². The van der Waals surface area contributed by atoms with Gasteiger partial charge in [0, 0.05) is 39.3 Å². The summed E-state index contributed by atoms with van der Waals surface area (Å²) in [6.45, 7) is 9.84. The molecular weight excluding hydrogens is 342 g/mol. The highest BCUT2D eigenvalue weighted by Crippen LogP contribution is 2.21. The number of ether oxygens (including phenoxy) is 1. The molecule has 2 aliphatic rings. The number of nitrogens with zero attached hydrogens (tertiary/aromatic N) is 3. The smallest absolute Gasteiger partial charge is 0.415 e. The van der Waals surface area contributed by atoms with Gasteiger partial charge in [0.25, 0.3) is 0 Å². The molecule has 2 amide bonds. The van der Waals surface area contributed by atoms with E-state index < -0.39 is 12.1 Å². The van der Waals surface area contributed by atoms with Gasteiger partial charge in [-0.2, -0.15) is 0 Å². The second-order valence-electron chi connectivity index (χ2n) is 7.36. The molecule has 2 heterocycles. The third-order valence-electron chi connectivity index (χ3n) is 5.22. The Morgan fingerprint density at radius 2 is 1.78 bits per heavy atom. The van der Waals surface area contributed by atoms with Crippen LogP contribution in [0.25, 0.3) is 0 Å². The number of rotatable bonds is 4. The van der Waals surface area contributed by atoms with E-state index in [2.05, 4.69) is 35.7 Å². The molecular formula is C21H29N3O3. The fraction of sp³-hybridized carbons (Fsp3) is 0.524. The molecule has 0 saturated carbocycles. The zero-order valence-electron chi connectivity index (χ0n) is 16.1. The summed E-state index contributed by atoms with van der Waals surface area (Å²) in [7, 11) is 0. The quantitative estimate of drug-likeness (QED) is 0.764. The van der Waals surface area contributed by atoms with Crippen molar-refractivity contribution in [2.45, 2.75) is 38.8 Å². The van der Waals surface area contributed by atoms with Crippen LogP contribution in [0.1, 0.15) is 31.7 Å². The minimum absolute atomic E-state index is 0.0488. The minimum Gasteiger partial charge on any atom is -0.416 e. The molecule has 0 unspecified atom stereocenters. The summed E-state index contributed by atoms with van der Waals surface area (Å²) in [5.41, 5.74) is 1.29. The van der Waals surface area contributed by atoms with Gasteiger partial charge in [-0.1, -0.05) is 36.9 Å². The first-order valence-electron chi connectivity index (χ1n) is 9.73. The molecule has 0 spiro atoms. The van der Waals surface area contributed by atoms with Crippen molar-refractivity contribution in [3.8, 4) is 0 Å². The maximum absolute atomic E-state index is 13.1. The number of hydrogen-bond donors (Lipinski definition) is 0. The molecule has 1 atom stereocenters. The first-order chi connectivity index (χ1) is 13.0. The van der Waals surface area contributed by atoms with Crippen molar-refractivity contribution in [1.82, 2.24) is 14.7 Å². The zero-order valence-corrected chi connectivity index (χ0v) is 16.1. The molecule has 0 radical (unpaired) electrons. The van der Waals surface area contributed by atoms with E-state index in [1.807, 2.05) is 11.0 Å². The molecule has 2 aliphatic heterocycles. The van der Waals surface area contributed by atoms with Gasteiger partial charge in [0.15, 0.2) is 0 Å². The highest BCUT2D eigenvalue weighted by Gasteiger charge is 2.36. The Labute approximate surface area is 161 Å². The number of likely N-dealkylation sites (tertiary alicyclic amines) is 1. The maximum Gasteiger partial charge on any atom is 0.415 e. The molecule has 3 rings (SSSR count). The van der Waals surface area contributed by atoms with Crippen molar-refractivity contribution in [1.29, 1.82) is 0 Å². The highest BCUT2D eigenvalue weighted by atomic mass is 16.6. The molecule has 6 heteroatoms. The molecule has 2 fully saturated rings. The predicted octanol–water partition coefficient (Wildman–Crippen LogP) is 2.86. The fourth-order valence-electron chi connectivity index (χ4n) is 3.79. The fourth-order valence-corrected chi connectivity index (χ4v) is 3.79. The number of carbonyl (C=O) groups is 2. The van der Waals surface area contributed by atoms with E-state index in [4.69, 9.17) is 4.74 Å². The molecule has 6 nitrogen and oxygen atoms in total. The van der Waals surface area contributed by atoms with Crippen LogP contribution in [-0.4, -0.2) is 65.5 Å². The number of piperidine rings is 1. The van der Waals surface area contributed by atoms with Crippen LogP contribution in [0.3, 0.4) is 0 Å². The highest BCUT2D eigenvalue weighted by molar-refractivity contribution is 5.86. The second kappa shape index (κ2) is 9.04. The Bertz CT molecular complexity index is 669. The standard InChI is InChI=1S/C21H29N3O3/c1-17(2)27-21(26)24-11-7-6-10-19(24)20(25)23-14-12-22(13-15-23)16-18-8-4-3-5-9-18/h3-5,8-9,19H,1,6-7,10-16H2,2H3/t19-/m0/s1. The van der Waals surface area contributed by atoms with Gasteiger partial charge in [0.2, 0.25) is 5.91 Å². The topological polar surface area (TPSA) is 53.1 Å². The van der Waals surface area contributed by atoms with E-state index in [0.29, 0.717) is 31.8 Å². The summed E-state index contributed by atoms with van der Waals surface area (Å²) >= 11 is 0. The summed E-state index contributed by atoms with van der Waals surface area (Å²) in [5.74, 6) is 0.402. The summed E-state index contributed by atoms with van der Waals surface area (Å²) in [4.78, 5) is 31.2. The Morgan fingerprint density at radius 1 is 1.07 bits per heavy atom. The van der Waals surface area contributed by atoms with E-state index in [1.54, 1.807) is 11.8 Å². The van der Waals surface area contributed by atoms with Crippen LogP contribution < -0.4 is 0 Å². The maximum atomic E-state index is 13.1. The third kappa shape index (κ3) is 5.10. The summed E-state index contributed by atoms with van der Waals surface area (Å²) in [6, 6.07) is 9.98. The van der Waals surface area contributed by atoms with E-state index in [1.165, 1.54) is 5.56 Å². The third-order valence-corrected chi connectivity index (χ3v) is 5.22. The van der Waals surface area contributed by atoms with Gasteiger partial charge in [-0.05, 0) is 31.7 Å². The van der Waals surface area contributed by atoms with Crippen molar-refractivity contribution in [2.75, 3.05) is 32.7 Å². The average Bonchev–Trinajstić information content (AvgIpc) is 2.68. The van der Waals surface area contributed by atoms with Crippen LogP contribution in [0.4, 0.5) is 4.79 Å². The molecule has 1 aromatic rings. The lowest BCUT2D eigenvalue weighted by Crippen LogP contribution is -2.57. The van der Waals surface area contributed by atoms with Gasteiger partial charge in [0.1, 0.15) is 6.04 Å². The molecule has 0 bridgehead atoms. The van der Waals surface area contributed by atoms with Crippen LogP contribution in [0.2, 0.25) is 0 Å². The Hall–Kier alpha value is -2.34. The van der Waals surface area contributed by atoms with Crippen LogP contribution in [0, 0.1) is 0 Å². The lowest BCUT2D eigenvalue weighted by molar-refractivity contribution is -0.139. The Balaban J connectivity index is 1.55. The molecule has 146 valence electrons. The van der Waals surface area contributed by atoms with Gasteiger partial charge in [-0.3, -0.25) is 14.6 Å². The molecule has 2 saturated heterocycles. The number of benzene rings is 1. The molecule has 0 N–H and O–H groups in total. The van der Waals surface area contributed by atoms with Crippen molar-refractivity contribution in [3.05, 3.63) is 48.2 Å². The number of hydrogen-bond acceptors (Lipinski definition) is 4. The Kier molecular flexibility index (Phi) is 6.50. The number of allylic oxidation sites excluding steroid dienone is 1. The first kappa shape index (κ1) is 19.4. The number of carbonyl (C=O) groups excluding carboxylic acids is 2. The van der Waals surface area contributed by atoms with Gasteiger partial charge >= 0.3 is 6.09 Å². The van der Waals surface area contributed by atoms with Crippen LogP contribution in [0.5, 0.6) is 0 Å². The molecule has 27 heavy (non-hydrogen) atoms. The zero-order chi connectivity index (χ0) is 19.2. The summed E-state index contributed by atoms with van der Waals surface area (Å²) in [5, 5.41) is 0. The van der Waals surface area contributed by atoms with Gasteiger partial charge in [-0.25, -0.2) is 4.79 Å². The first-order valence-corrected chi connectivity index (χ1v) is 9.73. The van der Waals surface area contributed by atoms with Gasteiger partial charge in [0.05, 0.1) is 5.76 Å². The van der Waals surface area contributed by atoms with Gasteiger partial charge < -0.3 is 9.64 Å². The second-order valence-corrected chi connectivity index (χ2v) is 7.36. The van der Waals surface area contributed by atoms with Gasteiger partial charge in [-0.15, -0.1) is 0 Å². The van der Waals surface area contributed by atoms with Crippen molar-refractivity contribution in [3.63, 3.8) is 0 Å². The van der Waals surface area contributed by atoms with E-state index in [9.17, 15) is 9.59 Å². The van der Waals surface area contributed by atoms with E-state index >= 15 is 0 Å². The molecule has 1 aromatic carbocycles. The summed E-state index contributed by atoms with van der Waals surface area (Å²) in [6.07, 6.45) is 2.11. The van der Waals surface area contributed by atoms with Crippen molar-refractivity contribution < 1.29 is 14.3 Å². The van der Waals surface area contributed by atoms with Crippen molar-refractivity contribution in [2.24, 2.45) is 0 Å². The lowest BCUT2D eigenvalue weighted by atomic mass is 10.0. The molecule has 0 aromatic heterocycles. The Morgan fingerprint density at radius 3 is 2.44 bits per heavy atom. The van der Waals surface area contributed by atoms with E-state index in [0.717, 1.165) is 32.5 Å². The normalized spacial score (nSPS) is 21.0. The van der Waals surface area contributed by atoms with E-state index in [-0.39, 0.29) is 5.91 Å². The number of amides is 2. The van der Waals surface area contributed by atoms with Crippen molar-refractivity contribution >= 4 is 12.0 Å². The number of piperazine rings is 1. The largest absolute Gasteiger partial charge is 0.416 e. The summed E-state index contributed by atoms with van der Waals surface area (Å²) < 4.78 is 5.15. The lowest BCUT2D eigenvalue weighted by Gasteiger charge is -2.40. The monoisotopic (exact) mass is 371 g/mol. The minimum atomic E-state index is -0.455.